The van der Waals surface area contributed by atoms with Gasteiger partial charge in [-0.2, -0.15) is 12.8 Å². The number of ether oxygens (including phenoxy) is 1. The molecule has 11 nitrogen and oxygen atoms in total. The SMILES string of the molecule is CC(=O)O.COCCS(=O)(=O)Oc1cccc(C2(c3cccc(-c4cccnc4F)c3)N=C(N)N(C)C2=O)c1. The van der Waals surface area contributed by atoms with E-state index in [0.717, 1.165) is 6.92 Å². The highest BCUT2D eigenvalue weighted by Crippen LogP contribution is 2.41. The lowest BCUT2D eigenvalue weighted by atomic mass is 9.81. The summed E-state index contributed by atoms with van der Waals surface area (Å²) in [7, 11) is -1.06. The normalized spacial score (nSPS) is 16.8. The lowest BCUT2D eigenvalue weighted by molar-refractivity contribution is -0.134. The minimum absolute atomic E-state index is 0.00330. The van der Waals surface area contributed by atoms with E-state index in [1.165, 1.54) is 37.4 Å². The van der Waals surface area contributed by atoms with Crippen molar-refractivity contribution >= 4 is 28.0 Å². The molecule has 1 amide bonds. The first-order valence-electron chi connectivity index (χ1n) is 11.5. The predicted molar refractivity (Wildman–Crippen MR) is 141 cm³/mol. The van der Waals surface area contributed by atoms with Crippen molar-refractivity contribution in [2.45, 2.75) is 12.5 Å². The van der Waals surface area contributed by atoms with Gasteiger partial charge >= 0.3 is 10.1 Å². The third-order valence-electron chi connectivity index (χ3n) is 5.60. The maximum absolute atomic E-state index is 14.4. The Balaban J connectivity index is 0.000000983. The Bertz CT molecular complexity index is 1510. The topological polar surface area (TPSA) is 161 Å². The van der Waals surface area contributed by atoms with Gasteiger partial charge < -0.3 is 19.8 Å². The monoisotopic (exact) mass is 558 g/mol. The van der Waals surface area contributed by atoms with Crippen LogP contribution in [0.5, 0.6) is 5.75 Å². The summed E-state index contributed by atoms with van der Waals surface area (Å²) in [5.74, 6) is -2.31. The number of carboxylic acids is 1. The van der Waals surface area contributed by atoms with Gasteiger partial charge in [0.15, 0.2) is 11.5 Å². The van der Waals surface area contributed by atoms with Crippen molar-refractivity contribution < 1.29 is 36.4 Å². The molecule has 0 bridgehead atoms. The molecule has 0 aliphatic carbocycles. The number of aromatic nitrogens is 1. The molecule has 1 aromatic heterocycles. The summed E-state index contributed by atoms with van der Waals surface area (Å²) < 4.78 is 49.0. The molecule has 206 valence electrons. The van der Waals surface area contributed by atoms with Crippen molar-refractivity contribution in [3.8, 4) is 16.9 Å². The highest BCUT2D eigenvalue weighted by atomic mass is 32.2. The highest BCUT2D eigenvalue weighted by Gasteiger charge is 2.49. The van der Waals surface area contributed by atoms with Crippen LogP contribution in [0.2, 0.25) is 0 Å². The first kappa shape index (κ1) is 29.2. The molecule has 1 unspecified atom stereocenters. The largest absolute Gasteiger partial charge is 0.481 e. The molecule has 0 radical (unpaired) electrons. The van der Waals surface area contributed by atoms with Crippen LogP contribution < -0.4 is 9.92 Å². The zero-order valence-electron chi connectivity index (χ0n) is 21.4. The smallest absolute Gasteiger partial charge is 0.311 e. The molecule has 0 fully saturated rings. The Kier molecular flexibility index (Phi) is 8.99. The summed E-state index contributed by atoms with van der Waals surface area (Å²) in [6.07, 6.45) is 1.34. The average molecular weight is 559 g/mol. The third-order valence-corrected chi connectivity index (χ3v) is 6.72. The van der Waals surface area contributed by atoms with Gasteiger partial charge in [-0.05, 0) is 47.0 Å². The number of hydrogen-bond acceptors (Lipinski definition) is 9. The molecule has 0 spiro atoms. The number of nitrogens with two attached hydrogens (primary N) is 1. The molecular weight excluding hydrogens is 531 g/mol. The fourth-order valence-corrected chi connectivity index (χ4v) is 4.69. The maximum atomic E-state index is 14.4. The van der Waals surface area contributed by atoms with Gasteiger partial charge in [-0.1, -0.05) is 30.3 Å². The molecule has 39 heavy (non-hydrogen) atoms. The van der Waals surface area contributed by atoms with Gasteiger partial charge in [0.2, 0.25) is 5.95 Å². The fourth-order valence-electron chi connectivity index (χ4n) is 3.84. The van der Waals surface area contributed by atoms with Crippen LogP contribution in [0.15, 0.2) is 71.9 Å². The number of rotatable bonds is 8. The van der Waals surface area contributed by atoms with E-state index in [-0.39, 0.29) is 29.6 Å². The highest BCUT2D eigenvalue weighted by molar-refractivity contribution is 7.87. The quantitative estimate of drug-likeness (QED) is 0.312. The molecule has 3 N–H and O–H groups in total. The van der Waals surface area contributed by atoms with Crippen molar-refractivity contribution in [2.75, 3.05) is 26.5 Å². The number of aliphatic imine (C=N–C) groups is 1. The summed E-state index contributed by atoms with van der Waals surface area (Å²) >= 11 is 0. The van der Waals surface area contributed by atoms with E-state index < -0.39 is 33.5 Å². The predicted octanol–water partition coefficient (Wildman–Crippen LogP) is 2.36. The Hall–Kier alpha value is -4.36. The molecule has 1 aliphatic heterocycles. The lowest BCUT2D eigenvalue weighted by Gasteiger charge is -2.27. The van der Waals surface area contributed by atoms with E-state index in [1.54, 1.807) is 48.5 Å². The second-order valence-corrected chi connectivity index (χ2v) is 10.0. The number of benzene rings is 2. The van der Waals surface area contributed by atoms with Crippen LogP contribution in [0.1, 0.15) is 18.1 Å². The standard InChI is InChI=1S/C24H23FN4O5S.C2H4O2/c1-29-22(30)24(28-23(29)26,17-7-3-6-16(14-17)20-10-5-11-27-21(20)25)18-8-4-9-19(15-18)34-35(31,32)13-12-33-2;1-2(3)4/h3-11,14-15H,12-13H2,1-2H3,(H2,26,28);1H3,(H,3,4). The molecule has 1 aliphatic rings. The zero-order valence-corrected chi connectivity index (χ0v) is 22.2. The minimum Gasteiger partial charge on any atom is -0.481 e. The maximum Gasteiger partial charge on any atom is 0.311 e. The van der Waals surface area contributed by atoms with E-state index in [0.29, 0.717) is 16.7 Å². The number of halogens is 1. The molecule has 0 saturated heterocycles. The van der Waals surface area contributed by atoms with E-state index in [4.69, 9.17) is 24.6 Å². The van der Waals surface area contributed by atoms with Crippen LogP contribution in [0.4, 0.5) is 4.39 Å². The van der Waals surface area contributed by atoms with Gasteiger partial charge in [0, 0.05) is 32.8 Å². The van der Waals surface area contributed by atoms with Crippen LogP contribution in [-0.4, -0.2) is 67.8 Å². The van der Waals surface area contributed by atoms with E-state index >= 15 is 0 Å². The van der Waals surface area contributed by atoms with Crippen molar-refractivity contribution in [1.29, 1.82) is 0 Å². The minimum atomic E-state index is -3.93. The van der Waals surface area contributed by atoms with Crippen molar-refractivity contribution in [3.63, 3.8) is 0 Å². The average Bonchev–Trinajstić information content (AvgIpc) is 3.12. The van der Waals surface area contributed by atoms with Gasteiger partial charge in [-0.25, -0.2) is 9.98 Å². The Morgan fingerprint density at radius 1 is 1.13 bits per heavy atom. The number of guanidine groups is 1. The first-order valence-corrected chi connectivity index (χ1v) is 13.0. The zero-order chi connectivity index (χ0) is 28.8. The summed E-state index contributed by atoms with van der Waals surface area (Å²) in [5.41, 5.74) is 5.87. The second-order valence-electron chi connectivity index (χ2n) is 8.35. The molecule has 0 saturated carbocycles. The number of nitrogens with zero attached hydrogens (tertiary/aromatic N) is 3. The molecule has 2 heterocycles. The number of methoxy groups -OCH3 is 1. The van der Waals surface area contributed by atoms with E-state index in [1.807, 2.05) is 0 Å². The third kappa shape index (κ3) is 6.56. The number of hydrogen-bond donors (Lipinski definition) is 2. The number of carbonyl (C=O) groups is 2. The molecule has 13 heteroatoms. The Morgan fingerprint density at radius 3 is 2.36 bits per heavy atom. The van der Waals surface area contributed by atoms with Gasteiger partial charge in [0.1, 0.15) is 11.5 Å². The Labute approximate surface area is 224 Å². The molecule has 3 aromatic rings. The van der Waals surface area contributed by atoms with Gasteiger partial charge in [0.25, 0.3) is 11.9 Å². The lowest BCUT2D eigenvalue weighted by Crippen LogP contribution is -2.41. The number of carbonyl (C=O) groups excluding carboxylic acids is 1. The van der Waals surface area contributed by atoms with Crippen LogP contribution in [0.3, 0.4) is 0 Å². The van der Waals surface area contributed by atoms with Gasteiger partial charge in [-0.3, -0.25) is 14.5 Å². The number of amides is 1. The summed E-state index contributed by atoms with van der Waals surface area (Å²) in [4.78, 5) is 32.0. The summed E-state index contributed by atoms with van der Waals surface area (Å²) in [6, 6.07) is 15.9. The fraction of sp³-hybridized carbons (Fsp3) is 0.231. The van der Waals surface area contributed by atoms with E-state index in [2.05, 4.69) is 9.98 Å². The second kappa shape index (κ2) is 12.0. The van der Waals surface area contributed by atoms with Crippen LogP contribution >= 0.6 is 0 Å². The molecular formula is C26H27FN4O7S. The van der Waals surface area contributed by atoms with Gasteiger partial charge in [-0.15, -0.1) is 0 Å². The van der Waals surface area contributed by atoms with Crippen LogP contribution in [0.25, 0.3) is 11.1 Å². The number of carboxylic acid groups (broad SMARTS) is 1. The van der Waals surface area contributed by atoms with Crippen molar-refractivity contribution in [2.24, 2.45) is 10.7 Å². The summed E-state index contributed by atoms with van der Waals surface area (Å²) in [6.45, 7) is 1.05. The Morgan fingerprint density at radius 2 is 1.77 bits per heavy atom. The number of likely N-dealkylation sites (N-methyl/N-ethyl adjacent to an activating group) is 1. The first-order chi connectivity index (χ1) is 18.4. The molecule has 1 atom stereocenters. The van der Waals surface area contributed by atoms with Crippen LogP contribution in [0, 0.1) is 5.95 Å². The number of aliphatic carboxylic acids is 1. The summed E-state index contributed by atoms with van der Waals surface area (Å²) in [5, 5.41) is 7.42. The van der Waals surface area contributed by atoms with Crippen molar-refractivity contribution in [3.05, 3.63) is 83.9 Å². The van der Waals surface area contributed by atoms with E-state index in [9.17, 15) is 17.6 Å². The molecule has 4 rings (SSSR count). The van der Waals surface area contributed by atoms with Crippen molar-refractivity contribution in [1.82, 2.24) is 9.88 Å². The number of pyridine rings is 1. The van der Waals surface area contributed by atoms with Crippen LogP contribution in [-0.2, 0) is 30.0 Å². The van der Waals surface area contributed by atoms with Gasteiger partial charge in [0.05, 0.1) is 6.61 Å². The molecule has 2 aromatic carbocycles.